The lowest BCUT2D eigenvalue weighted by Gasteiger charge is -2.06. The number of nitrogens with one attached hydrogen (secondary N) is 2. The summed E-state index contributed by atoms with van der Waals surface area (Å²) in [4.78, 5) is 11.5. The maximum absolute atomic E-state index is 4.24. The molecule has 3 aromatic rings. The molecule has 0 aliphatic heterocycles. The molecular weight excluding hydrogens is 228 g/mol. The van der Waals surface area contributed by atoms with Gasteiger partial charge in [-0.25, -0.2) is 9.97 Å². The zero-order valence-electron chi connectivity index (χ0n) is 10.1. The Kier molecular flexibility index (Phi) is 2.68. The maximum Gasteiger partial charge on any atom is 0.142 e. The normalized spacial score (nSPS) is 10.9. The van der Waals surface area contributed by atoms with Crippen LogP contribution in [0.3, 0.4) is 0 Å². The lowest BCUT2D eigenvalue weighted by Crippen LogP contribution is -2.11. The highest BCUT2D eigenvalue weighted by molar-refractivity contribution is 5.86. The van der Waals surface area contributed by atoms with Crippen LogP contribution in [0.2, 0.25) is 0 Å². The van der Waals surface area contributed by atoms with Crippen molar-refractivity contribution in [2.75, 3.05) is 11.9 Å². The fourth-order valence-corrected chi connectivity index (χ4v) is 1.89. The number of aryl methyl sites for hydroxylation is 1. The van der Waals surface area contributed by atoms with Crippen LogP contribution < -0.4 is 5.32 Å². The molecule has 0 unspecified atom stereocenters. The summed E-state index contributed by atoms with van der Waals surface area (Å²) in [5, 5.41) is 8.55. The SMILES string of the molecule is Cc1cnn(CCNc2ncnc3[nH]ccc23)c1. The average molecular weight is 242 g/mol. The lowest BCUT2D eigenvalue weighted by molar-refractivity contribution is 0.637. The first kappa shape index (κ1) is 10.8. The average Bonchev–Trinajstić information content (AvgIpc) is 2.98. The largest absolute Gasteiger partial charge is 0.368 e. The number of aromatic nitrogens is 5. The van der Waals surface area contributed by atoms with Crippen molar-refractivity contribution in [1.29, 1.82) is 0 Å². The van der Waals surface area contributed by atoms with Gasteiger partial charge in [0.05, 0.1) is 18.1 Å². The van der Waals surface area contributed by atoms with E-state index in [4.69, 9.17) is 0 Å². The van der Waals surface area contributed by atoms with Crippen LogP contribution in [0.5, 0.6) is 0 Å². The number of anilines is 1. The molecule has 3 rings (SSSR count). The molecule has 0 aliphatic rings. The first-order chi connectivity index (χ1) is 8.83. The van der Waals surface area contributed by atoms with Crippen LogP contribution in [-0.4, -0.2) is 31.3 Å². The quantitative estimate of drug-likeness (QED) is 0.728. The molecule has 0 atom stereocenters. The Bertz CT molecular complexity index is 653. The molecule has 0 fully saturated rings. The van der Waals surface area contributed by atoms with E-state index in [-0.39, 0.29) is 0 Å². The predicted octanol–water partition coefficient (Wildman–Crippen LogP) is 1.57. The molecule has 18 heavy (non-hydrogen) atoms. The first-order valence-electron chi connectivity index (χ1n) is 5.84. The number of aromatic amines is 1. The zero-order valence-corrected chi connectivity index (χ0v) is 10.1. The lowest BCUT2D eigenvalue weighted by atomic mass is 10.4. The van der Waals surface area contributed by atoms with E-state index in [2.05, 4.69) is 25.4 Å². The van der Waals surface area contributed by atoms with Gasteiger partial charge in [0.1, 0.15) is 17.8 Å². The summed E-state index contributed by atoms with van der Waals surface area (Å²) in [6.07, 6.45) is 7.29. The Balaban J connectivity index is 1.68. The first-order valence-corrected chi connectivity index (χ1v) is 5.84. The third-order valence-corrected chi connectivity index (χ3v) is 2.75. The Morgan fingerprint density at radius 1 is 1.39 bits per heavy atom. The van der Waals surface area contributed by atoms with Crippen molar-refractivity contribution < 1.29 is 0 Å². The molecule has 0 spiro atoms. The van der Waals surface area contributed by atoms with E-state index >= 15 is 0 Å². The van der Waals surface area contributed by atoms with Crippen LogP contribution in [0, 0.1) is 6.92 Å². The molecule has 0 saturated heterocycles. The monoisotopic (exact) mass is 242 g/mol. The van der Waals surface area contributed by atoms with Crippen molar-refractivity contribution in [3.63, 3.8) is 0 Å². The van der Waals surface area contributed by atoms with Gasteiger partial charge >= 0.3 is 0 Å². The molecule has 0 amide bonds. The third kappa shape index (κ3) is 2.04. The Labute approximate surface area is 104 Å². The van der Waals surface area contributed by atoms with Gasteiger partial charge in [0, 0.05) is 18.9 Å². The van der Waals surface area contributed by atoms with Crippen LogP contribution in [0.4, 0.5) is 5.82 Å². The number of hydrogen-bond donors (Lipinski definition) is 2. The van der Waals surface area contributed by atoms with Gasteiger partial charge < -0.3 is 10.3 Å². The number of rotatable bonds is 4. The van der Waals surface area contributed by atoms with Crippen LogP contribution in [0.25, 0.3) is 11.0 Å². The van der Waals surface area contributed by atoms with Crippen molar-refractivity contribution in [3.8, 4) is 0 Å². The molecule has 0 bridgehead atoms. The van der Waals surface area contributed by atoms with Crippen LogP contribution in [-0.2, 0) is 6.54 Å². The highest BCUT2D eigenvalue weighted by atomic mass is 15.3. The Morgan fingerprint density at radius 3 is 3.17 bits per heavy atom. The standard InChI is InChI=1S/C12H14N6/c1-9-6-17-18(7-9)5-4-14-12-10-2-3-13-11(10)15-8-16-12/h2-3,6-8H,4-5H2,1H3,(H2,13,14,15,16). The van der Waals surface area contributed by atoms with Crippen molar-refractivity contribution >= 4 is 16.9 Å². The number of fused-ring (bicyclic) bond motifs is 1. The van der Waals surface area contributed by atoms with Gasteiger partial charge in [0.25, 0.3) is 0 Å². The molecular formula is C12H14N6. The number of hydrogen-bond acceptors (Lipinski definition) is 4. The van der Waals surface area contributed by atoms with Crippen LogP contribution in [0.1, 0.15) is 5.56 Å². The molecule has 0 aromatic carbocycles. The summed E-state index contributed by atoms with van der Waals surface area (Å²) in [5.74, 6) is 0.852. The molecule has 0 radical (unpaired) electrons. The minimum Gasteiger partial charge on any atom is -0.368 e. The molecule has 92 valence electrons. The Morgan fingerprint density at radius 2 is 2.33 bits per heavy atom. The third-order valence-electron chi connectivity index (χ3n) is 2.75. The molecule has 6 nitrogen and oxygen atoms in total. The highest BCUT2D eigenvalue weighted by Crippen LogP contribution is 2.16. The summed E-state index contributed by atoms with van der Waals surface area (Å²) in [7, 11) is 0. The number of H-pyrrole nitrogens is 1. The smallest absolute Gasteiger partial charge is 0.142 e. The van der Waals surface area contributed by atoms with E-state index in [1.807, 2.05) is 36.3 Å². The maximum atomic E-state index is 4.24. The molecule has 0 aliphatic carbocycles. The van der Waals surface area contributed by atoms with Crippen molar-refractivity contribution in [1.82, 2.24) is 24.7 Å². The van der Waals surface area contributed by atoms with Gasteiger partial charge in [-0.15, -0.1) is 0 Å². The van der Waals surface area contributed by atoms with Crippen LogP contribution in [0.15, 0.2) is 31.0 Å². The second-order valence-electron chi connectivity index (χ2n) is 4.17. The van der Waals surface area contributed by atoms with Gasteiger partial charge in [0.2, 0.25) is 0 Å². The zero-order chi connectivity index (χ0) is 12.4. The second-order valence-corrected chi connectivity index (χ2v) is 4.17. The van der Waals surface area contributed by atoms with Gasteiger partial charge in [-0.05, 0) is 18.6 Å². The van der Waals surface area contributed by atoms with E-state index in [1.165, 1.54) is 5.56 Å². The topological polar surface area (TPSA) is 71.4 Å². The molecule has 3 heterocycles. The van der Waals surface area contributed by atoms with Crippen molar-refractivity contribution in [2.24, 2.45) is 0 Å². The van der Waals surface area contributed by atoms with E-state index in [0.29, 0.717) is 0 Å². The number of nitrogens with zero attached hydrogens (tertiary/aromatic N) is 4. The predicted molar refractivity (Wildman–Crippen MR) is 69.3 cm³/mol. The second kappa shape index (κ2) is 4.48. The minimum atomic E-state index is 0.776. The Hall–Kier alpha value is -2.37. The molecule has 6 heteroatoms. The fourth-order valence-electron chi connectivity index (χ4n) is 1.89. The van der Waals surface area contributed by atoms with Gasteiger partial charge in [-0.3, -0.25) is 4.68 Å². The van der Waals surface area contributed by atoms with Crippen LogP contribution >= 0.6 is 0 Å². The summed E-state index contributed by atoms with van der Waals surface area (Å²) < 4.78 is 1.91. The van der Waals surface area contributed by atoms with E-state index in [9.17, 15) is 0 Å². The van der Waals surface area contributed by atoms with Gasteiger partial charge in [-0.1, -0.05) is 0 Å². The van der Waals surface area contributed by atoms with E-state index < -0.39 is 0 Å². The van der Waals surface area contributed by atoms with Crippen molar-refractivity contribution in [3.05, 3.63) is 36.5 Å². The van der Waals surface area contributed by atoms with Gasteiger partial charge in [-0.2, -0.15) is 5.10 Å². The fraction of sp³-hybridized carbons (Fsp3) is 0.250. The molecule has 2 N–H and O–H groups in total. The summed E-state index contributed by atoms with van der Waals surface area (Å²) in [6.45, 7) is 3.62. The summed E-state index contributed by atoms with van der Waals surface area (Å²) >= 11 is 0. The minimum absolute atomic E-state index is 0.776. The molecule has 0 saturated carbocycles. The van der Waals surface area contributed by atoms with Crippen molar-refractivity contribution in [2.45, 2.75) is 13.5 Å². The van der Waals surface area contributed by atoms with Gasteiger partial charge in [0.15, 0.2) is 0 Å². The summed E-state index contributed by atoms with van der Waals surface area (Å²) in [5.41, 5.74) is 2.02. The molecule has 3 aromatic heterocycles. The van der Waals surface area contributed by atoms with E-state index in [0.717, 1.165) is 29.9 Å². The summed E-state index contributed by atoms with van der Waals surface area (Å²) in [6, 6.07) is 1.97. The van der Waals surface area contributed by atoms with E-state index in [1.54, 1.807) is 6.33 Å². The highest BCUT2D eigenvalue weighted by Gasteiger charge is 2.03.